The van der Waals surface area contributed by atoms with E-state index >= 15 is 0 Å². The average molecular weight is 286 g/mol. The summed E-state index contributed by atoms with van der Waals surface area (Å²) < 4.78 is 1.58. The van der Waals surface area contributed by atoms with Gasteiger partial charge in [0.05, 0.1) is 11.7 Å². The lowest BCUT2D eigenvalue weighted by Crippen LogP contribution is -2.24. The molecule has 3 rings (SSSR count). The molecule has 0 saturated heterocycles. The second-order valence-electron chi connectivity index (χ2n) is 3.85. The van der Waals surface area contributed by atoms with E-state index < -0.39 is 5.97 Å². The summed E-state index contributed by atoms with van der Waals surface area (Å²) in [7, 11) is 0. The Hall–Kier alpha value is -2.48. The first-order valence-electron chi connectivity index (χ1n) is 5.70. The van der Waals surface area contributed by atoms with Crippen LogP contribution >= 0.6 is 11.8 Å². The zero-order valence-corrected chi connectivity index (χ0v) is 10.9. The van der Waals surface area contributed by atoms with Gasteiger partial charge >= 0.3 is 0 Å². The first-order valence-corrected chi connectivity index (χ1v) is 6.69. The third kappa shape index (κ3) is 2.32. The summed E-state index contributed by atoms with van der Waals surface area (Å²) in [5.41, 5.74) is 1.83. The van der Waals surface area contributed by atoms with E-state index in [0.29, 0.717) is 16.2 Å². The fraction of sp³-hybridized carbons (Fsp3) is 0.0833. The van der Waals surface area contributed by atoms with Crippen LogP contribution in [-0.2, 0) is 4.79 Å². The van der Waals surface area contributed by atoms with Gasteiger partial charge in [-0.1, -0.05) is 35.2 Å². The molecule has 0 fully saturated rings. The fourth-order valence-electron chi connectivity index (χ4n) is 1.70. The number of carboxylic acid groups (broad SMARTS) is 1. The van der Waals surface area contributed by atoms with E-state index in [0.717, 1.165) is 17.4 Å². The third-order valence-electron chi connectivity index (χ3n) is 2.53. The Morgan fingerprint density at radius 2 is 2.05 bits per heavy atom. The van der Waals surface area contributed by atoms with E-state index in [1.165, 1.54) is 6.33 Å². The van der Waals surface area contributed by atoms with E-state index in [2.05, 4.69) is 20.3 Å². The summed E-state index contributed by atoms with van der Waals surface area (Å²) in [6.07, 6.45) is 1.36. The first-order chi connectivity index (χ1) is 9.75. The van der Waals surface area contributed by atoms with Gasteiger partial charge in [0, 0.05) is 5.75 Å². The van der Waals surface area contributed by atoms with Crippen molar-refractivity contribution in [3.63, 3.8) is 0 Å². The van der Waals surface area contributed by atoms with Crippen molar-refractivity contribution in [3.05, 3.63) is 36.7 Å². The van der Waals surface area contributed by atoms with Gasteiger partial charge in [-0.15, -0.1) is 5.10 Å². The van der Waals surface area contributed by atoms with E-state index in [1.807, 2.05) is 30.3 Å². The summed E-state index contributed by atoms with van der Waals surface area (Å²) in [4.78, 5) is 18.7. The molecule has 0 amide bonds. The molecule has 8 heteroatoms. The Morgan fingerprint density at radius 3 is 2.80 bits per heavy atom. The Kier molecular flexibility index (Phi) is 3.30. The molecule has 3 aromatic rings. The SMILES string of the molecule is O=C([O-])CSc1ncnc2c1nnn2-c1ccccc1. The molecule has 0 spiro atoms. The molecule has 0 N–H and O–H groups in total. The van der Waals surface area contributed by atoms with Crippen LogP contribution in [0.4, 0.5) is 0 Å². The van der Waals surface area contributed by atoms with Crippen LogP contribution in [0.5, 0.6) is 0 Å². The Bertz CT molecular complexity index is 759. The minimum absolute atomic E-state index is 0.190. The van der Waals surface area contributed by atoms with Crippen LogP contribution in [0.25, 0.3) is 16.9 Å². The van der Waals surface area contributed by atoms with Crippen molar-refractivity contribution in [2.75, 3.05) is 5.75 Å². The minimum Gasteiger partial charge on any atom is -0.549 e. The van der Waals surface area contributed by atoms with Gasteiger partial charge in [-0.2, -0.15) is 4.68 Å². The molecule has 0 aliphatic carbocycles. The van der Waals surface area contributed by atoms with Gasteiger partial charge in [0.1, 0.15) is 11.4 Å². The van der Waals surface area contributed by atoms with Crippen LogP contribution in [0.1, 0.15) is 0 Å². The van der Waals surface area contributed by atoms with Crippen molar-refractivity contribution in [3.8, 4) is 5.69 Å². The highest BCUT2D eigenvalue weighted by atomic mass is 32.2. The van der Waals surface area contributed by atoms with E-state index in [4.69, 9.17) is 0 Å². The van der Waals surface area contributed by atoms with Gasteiger partial charge in [0.25, 0.3) is 0 Å². The number of nitrogens with zero attached hydrogens (tertiary/aromatic N) is 5. The van der Waals surface area contributed by atoms with Crippen LogP contribution < -0.4 is 5.11 Å². The summed E-state index contributed by atoms with van der Waals surface area (Å²) in [6.45, 7) is 0. The van der Waals surface area contributed by atoms with Crippen molar-refractivity contribution in [1.29, 1.82) is 0 Å². The Labute approximate surface area is 117 Å². The van der Waals surface area contributed by atoms with Gasteiger partial charge in [0.15, 0.2) is 11.2 Å². The molecule has 0 radical (unpaired) electrons. The summed E-state index contributed by atoms with van der Waals surface area (Å²) in [6, 6.07) is 9.43. The van der Waals surface area contributed by atoms with E-state index in [1.54, 1.807) is 4.68 Å². The summed E-state index contributed by atoms with van der Waals surface area (Å²) >= 11 is 1.04. The number of aliphatic carboxylic acids is 1. The molecular weight excluding hydrogens is 278 g/mol. The van der Waals surface area contributed by atoms with Crippen LogP contribution in [-0.4, -0.2) is 36.7 Å². The Balaban J connectivity index is 2.06. The highest BCUT2D eigenvalue weighted by molar-refractivity contribution is 8.00. The number of carbonyl (C=O) groups excluding carboxylic acids is 1. The van der Waals surface area contributed by atoms with Crippen molar-refractivity contribution >= 4 is 28.9 Å². The van der Waals surface area contributed by atoms with Gasteiger partial charge in [-0.05, 0) is 12.1 Å². The molecule has 0 aliphatic heterocycles. The Morgan fingerprint density at radius 1 is 1.25 bits per heavy atom. The predicted molar refractivity (Wildman–Crippen MR) is 70.2 cm³/mol. The summed E-state index contributed by atoms with van der Waals surface area (Å²) in [5.74, 6) is -1.35. The molecule has 0 saturated carbocycles. The highest BCUT2D eigenvalue weighted by Crippen LogP contribution is 2.23. The van der Waals surface area contributed by atoms with Gasteiger partial charge in [-0.3, -0.25) is 0 Å². The molecule has 0 unspecified atom stereocenters. The number of fused-ring (bicyclic) bond motifs is 1. The van der Waals surface area contributed by atoms with E-state index in [9.17, 15) is 9.90 Å². The monoisotopic (exact) mass is 286 g/mol. The molecule has 0 atom stereocenters. The lowest BCUT2D eigenvalue weighted by Gasteiger charge is -2.02. The molecule has 0 bridgehead atoms. The fourth-order valence-corrected chi connectivity index (χ4v) is 2.35. The number of carbonyl (C=O) groups is 1. The highest BCUT2D eigenvalue weighted by Gasteiger charge is 2.12. The average Bonchev–Trinajstić information content (AvgIpc) is 2.90. The molecule has 1 aromatic carbocycles. The van der Waals surface area contributed by atoms with Crippen LogP contribution in [0.2, 0.25) is 0 Å². The van der Waals surface area contributed by atoms with Crippen LogP contribution in [0.3, 0.4) is 0 Å². The van der Waals surface area contributed by atoms with E-state index in [-0.39, 0.29) is 5.75 Å². The number of benzene rings is 1. The standard InChI is InChI=1S/C12H9N5O2S/c18-9(19)6-20-12-10-11(13-7-14-12)17(16-15-10)8-4-2-1-3-5-8/h1-5,7H,6H2,(H,18,19)/p-1. The molecule has 20 heavy (non-hydrogen) atoms. The normalized spacial score (nSPS) is 10.8. The molecule has 100 valence electrons. The predicted octanol–water partition coefficient (Wildman–Crippen LogP) is 0.0525. The maximum Gasteiger partial charge on any atom is 0.187 e. The molecule has 2 aromatic heterocycles. The quantitative estimate of drug-likeness (QED) is 0.494. The van der Waals surface area contributed by atoms with Crippen molar-refractivity contribution < 1.29 is 9.90 Å². The number of hydrogen-bond donors (Lipinski definition) is 0. The zero-order chi connectivity index (χ0) is 13.9. The number of carboxylic acids is 1. The topological polar surface area (TPSA) is 96.6 Å². The maximum absolute atomic E-state index is 10.5. The number of rotatable bonds is 4. The molecule has 2 heterocycles. The van der Waals surface area contributed by atoms with Gasteiger partial charge < -0.3 is 9.90 Å². The number of para-hydroxylation sites is 1. The first kappa shape index (κ1) is 12.5. The zero-order valence-electron chi connectivity index (χ0n) is 10.1. The lowest BCUT2D eigenvalue weighted by molar-refractivity contribution is -0.301. The number of hydrogen-bond acceptors (Lipinski definition) is 7. The summed E-state index contributed by atoms with van der Waals surface area (Å²) in [5, 5.41) is 19.1. The smallest absolute Gasteiger partial charge is 0.187 e. The largest absolute Gasteiger partial charge is 0.549 e. The molecule has 0 aliphatic rings. The van der Waals surface area contributed by atoms with Gasteiger partial charge in [-0.25, -0.2) is 9.97 Å². The second-order valence-corrected chi connectivity index (χ2v) is 4.81. The van der Waals surface area contributed by atoms with Crippen molar-refractivity contribution in [2.45, 2.75) is 5.03 Å². The minimum atomic E-state index is -1.16. The third-order valence-corrected chi connectivity index (χ3v) is 3.48. The number of thioether (sulfide) groups is 1. The van der Waals surface area contributed by atoms with Crippen LogP contribution in [0.15, 0.2) is 41.7 Å². The molecular formula is C12H8N5O2S-. The lowest BCUT2D eigenvalue weighted by atomic mass is 10.3. The number of aromatic nitrogens is 5. The van der Waals surface area contributed by atoms with Crippen LogP contribution in [0, 0.1) is 0 Å². The second kappa shape index (κ2) is 5.25. The van der Waals surface area contributed by atoms with Crippen molar-refractivity contribution in [2.24, 2.45) is 0 Å². The maximum atomic E-state index is 10.5. The molecule has 7 nitrogen and oxygen atoms in total. The van der Waals surface area contributed by atoms with Gasteiger partial charge in [0.2, 0.25) is 0 Å². The van der Waals surface area contributed by atoms with Crippen molar-refractivity contribution in [1.82, 2.24) is 25.0 Å².